The Kier molecular flexibility index (Phi) is 8.38. The van der Waals surface area contributed by atoms with Crippen LogP contribution in [0.5, 0.6) is 5.75 Å². The van der Waals surface area contributed by atoms with Crippen molar-refractivity contribution in [3.63, 3.8) is 0 Å². The molecule has 6 nitrogen and oxygen atoms in total. The molecule has 2 aliphatic heterocycles. The molecule has 0 radical (unpaired) electrons. The smallest absolute Gasteiger partial charge is 0.327 e. The lowest BCUT2D eigenvalue weighted by molar-refractivity contribution is -0.128. The number of urea groups is 1. The molecule has 2 fully saturated rings. The third-order valence-corrected chi connectivity index (χ3v) is 5.16. The number of benzene rings is 1. The average Bonchev–Trinajstić information content (AvgIpc) is 3.23. The largest absolute Gasteiger partial charge is 0.492 e. The number of carbonyl (C=O) groups excluding carboxylic acids is 2. The Morgan fingerprint density at radius 2 is 2.00 bits per heavy atom. The molecule has 0 aromatic heterocycles. The van der Waals surface area contributed by atoms with E-state index in [1.54, 1.807) is 4.90 Å². The summed E-state index contributed by atoms with van der Waals surface area (Å²) in [5.41, 5.74) is 1.23. The van der Waals surface area contributed by atoms with E-state index in [1.165, 1.54) is 10.5 Å². The van der Waals surface area contributed by atoms with Gasteiger partial charge in [-0.3, -0.25) is 9.69 Å². The Balaban J connectivity index is 0.00000261. The minimum Gasteiger partial charge on any atom is -0.492 e. The van der Waals surface area contributed by atoms with Crippen LogP contribution in [0.3, 0.4) is 0 Å². The molecule has 150 valence electrons. The monoisotopic (exact) mass is 395 g/mol. The van der Waals surface area contributed by atoms with Gasteiger partial charge in [-0.1, -0.05) is 25.1 Å². The fourth-order valence-corrected chi connectivity index (χ4v) is 3.70. The molecule has 1 N–H and O–H groups in total. The average molecular weight is 396 g/mol. The molecule has 0 saturated carbocycles. The lowest BCUT2D eigenvalue weighted by atomic mass is 10.1. The maximum Gasteiger partial charge on any atom is 0.327 e. The second kappa shape index (κ2) is 10.5. The Morgan fingerprint density at radius 3 is 2.78 bits per heavy atom. The van der Waals surface area contributed by atoms with Crippen molar-refractivity contribution in [2.45, 2.75) is 45.1 Å². The molecule has 0 aliphatic carbocycles. The topological polar surface area (TPSA) is 61.9 Å². The lowest BCUT2D eigenvalue weighted by Gasteiger charge is -2.15. The molecule has 2 saturated heterocycles. The van der Waals surface area contributed by atoms with Crippen molar-refractivity contribution >= 4 is 24.3 Å². The predicted octanol–water partition coefficient (Wildman–Crippen LogP) is 2.85. The number of unbranched alkanes of at least 4 members (excludes halogenated alkanes) is 1. The van der Waals surface area contributed by atoms with E-state index in [9.17, 15) is 9.59 Å². The molecular formula is C20H30ClN3O3. The number of carbonyl (C=O) groups is 2. The fourth-order valence-electron chi connectivity index (χ4n) is 3.70. The van der Waals surface area contributed by atoms with E-state index in [2.05, 4.69) is 18.3 Å². The number of hydrogen-bond donors (Lipinski definition) is 1. The molecule has 3 rings (SSSR count). The zero-order valence-electron chi connectivity index (χ0n) is 16.0. The number of nitrogens with one attached hydrogen (secondary N) is 1. The van der Waals surface area contributed by atoms with Gasteiger partial charge in [0.2, 0.25) is 0 Å². The molecule has 7 heteroatoms. The molecule has 27 heavy (non-hydrogen) atoms. The molecule has 3 amide bonds. The fraction of sp³-hybridized carbons (Fsp3) is 0.600. The van der Waals surface area contributed by atoms with Crippen LogP contribution in [0.4, 0.5) is 4.79 Å². The summed E-state index contributed by atoms with van der Waals surface area (Å²) in [6, 6.07) is 7.86. The van der Waals surface area contributed by atoms with E-state index in [-0.39, 0.29) is 30.4 Å². The Hall–Kier alpha value is -1.79. The number of amides is 3. The summed E-state index contributed by atoms with van der Waals surface area (Å²) < 4.78 is 5.82. The third-order valence-electron chi connectivity index (χ3n) is 5.16. The van der Waals surface area contributed by atoms with E-state index in [4.69, 9.17) is 4.74 Å². The predicted molar refractivity (Wildman–Crippen MR) is 108 cm³/mol. The Bertz CT molecular complexity index is 619. The van der Waals surface area contributed by atoms with Gasteiger partial charge in [0.05, 0.1) is 0 Å². The Morgan fingerprint density at radius 1 is 1.19 bits per heavy atom. The number of hydrogen-bond acceptors (Lipinski definition) is 4. The van der Waals surface area contributed by atoms with Crippen molar-refractivity contribution in [1.29, 1.82) is 0 Å². The summed E-state index contributed by atoms with van der Waals surface area (Å²) in [7, 11) is 0. The number of rotatable bonds is 10. The first-order chi connectivity index (χ1) is 12.7. The van der Waals surface area contributed by atoms with Gasteiger partial charge in [0.1, 0.15) is 18.4 Å². The highest BCUT2D eigenvalue weighted by Crippen LogP contribution is 2.27. The summed E-state index contributed by atoms with van der Waals surface area (Å²) >= 11 is 0. The number of fused-ring (bicyclic) bond motifs is 1. The Labute approximate surface area is 167 Å². The zero-order chi connectivity index (χ0) is 18.4. The van der Waals surface area contributed by atoms with E-state index in [0.717, 1.165) is 57.5 Å². The highest BCUT2D eigenvalue weighted by molar-refractivity contribution is 6.04. The van der Waals surface area contributed by atoms with Crippen molar-refractivity contribution < 1.29 is 14.3 Å². The second-order valence-corrected chi connectivity index (χ2v) is 6.89. The van der Waals surface area contributed by atoms with Gasteiger partial charge in [0.15, 0.2) is 0 Å². The molecule has 1 aromatic carbocycles. The summed E-state index contributed by atoms with van der Waals surface area (Å²) in [4.78, 5) is 27.6. The van der Waals surface area contributed by atoms with Crippen molar-refractivity contribution in [3.05, 3.63) is 29.8 Å². The van der Waals surface area contributed by atoms with Crippen LogP contribution in [-0.2, 0) is 11.2 Å². The van der Waals surface area contributed by atoms with Crippen molar-refractivity contribution in [2.24, 2.45) is 0 Å². The number of aryl methyl sites for hydroxylation is 1. The highest BCUT2D eigenvalue weighted by atomic mass is 35.5. The first kappa shape index (κ1) is 21.5. The van der Waals surface area contributed by atoms with Crippen LogP contribution in [0.25, 0.3) is 0 Å². The molecule has 1 aromatic rings. The van der Waals surface area contributed by atoms with Crippen molar-refractivity contribution in [2.75, 3.05) is 32.8 Å². The first-order valence-corrected chi connectivity index (χ1v) is 9.75. The van der Waals surface area contributed by atoms with E-state index < -0.39 is 0 Å². The van der Waals surface area contributed by atoms with Gasteiger partial charge in [-0.05, 0) is 50.3 Å². The highest BCUT2D eigenvalue weighted by Gasteiger charge is 2.46. The molecule has 1 unspecified atom stereocenters. The number of imide groups is 1. The first-order valence-electron chi connectivity index (χ1n) is 9.75. The molecular weight excluding hydrogens is 366 g/mol. The van der Waals surface area contributed by atoms with Crippen LogP contribution in [0.1, 0.15) is 38.2 Å². The number of para-hydroxylation sites is 1. The molecule has 0 bridgehead atoms. The van der Waals surface area contributed by atoms with Crippen LogP contribution in [0.15, 0.2) is 24.3 Å². The molecule has 2 aliphatic rings. The summed E-state index contributed by atoms with van der Waals surface area (Å²) in [6.07, 6.45) is 4.52. The van der Waals surface area contributed by atoms with E-state index >= 15 is 0 Å². The minimum absolute atomic E-state index is 0. The second-order valence-electron chi connectivity index (χ2n) is 6.89. The minimum atomic E-state index is -0.177. The molecule has 2 heterocycles. The van der Waals surface area contributed by atoms with Crippen molar-refractivity contribution in [3.8, 4) is 5.75 Å². The van der Waals surface area contributed by atoms with Gasteiger partial charge < -0.3 is 15.0 Å². The maximum atomic E-state index is 12.2. The van der Waals surface area contributed by atoms with Crippen LogP contribution >= 0.6 is 12.4 Å². The van der Waals surface area contributed by atoms with Gasteiger partial charge in [-0.2, -0.15) is 0 Å². The van der Waals surface area contributed by atoms with Gasteiger partial charge in [-0.25, -0.2) is 4.79 Å². The lowest BCUT2D eigenvalue weighted by Crippen LogP contribution is -2.34. The number of halogens is 1. The number of nitrogens with zero attached hydrogens (tertiary/aromatic N) is 2. The van der Waals surface area contributed by atoms with Crippen LogP contribution in [0, 0.1) is 0 Å². The summed E-state index contributed by atoms with van der Waals surface area (Å²) in [5.74, 6) is 0.965. The van der Waals surface area contributed by atoms with Crippen LogP contribution < -0.4 is 10.1 Å². The molecule has 0 spiro atoms. The molecule has 1 atom stereocenters. The van der Waals surface area contributed by atoms with Crippen molar-refractivity contribution in [1.82, 2.24) is 15.1 Å². The zero-order valence-corrected chi connectivity index (χ0v) is 16.8. The van der Waals surface area contributed by atoms with Gasteiger partial charge in [-0.15, -0.1) is 12.4 Å². The normalized spacial score (nSPS) is 18.6. The van der Waals surface area contributed by atoms with Crippen LogP contribution in [-0.4, -0.2) is 60.6 Å². The van der Waals surface area contributed by atoms with Crippen LogP contribution in [0.2, 0.25) is 0 Å². The van der Waals surface area contributed by atoms with E-state index in [1.807, 2.05) is 18.2 Å². The SMILES string of the molecule is CCc1ccccc1OCCNCCCCN1C(=O)C2CCCN2C1=O.Cl. The third kappa shape index (κ3) is 5.14. The summed E-state index contributed by atoms with van der Waals surface area (Å²) in [6.45, 7) is 5.68. The summed E-state index contributed by atoms with van der Waals surface area (Å²) in [5, 5.41) is 3.36. The van der Waals surface area contributed by atoms with Gasteiger partial charge in [0.25, 0.3) is 5.91 Å². The van der Waals surface area contributed by atoms with Gasteiger partial charge in [0, 0.05) is 19.6 Å². The van der Waals surface area contributed by atoms with Gasteiger partial charge >= 0.3 is 6.03 Å². The quantitative estimate of drug-likeness (QED) is 0.488. The standard InChI is InChI=1S/C20H29N3O3.ClH/c1-2-16-8-3-4-10-18(16)26-15-12-21-11-5-6-13-23-19(24)17-9-7-14-22(17)20(23)25;/h3-4,8,10,17,21H,2,5-7,9,11-15H2,1H3;1H. The van der Waals surface area contributed by atoms with E-state index in [0.29, 0.717) is 13.2 Å². The number of ether oxygens (including phenoxy) is 1. The maximum absolute atomic E-state index is 12.2.